The standard InChI is InChI=1S/C17H20N2O2/c1-21-16-14(18-11-12-19-16)15(20)17(9-5-6-10-17)13-7-3-2-4-8-13/h2-4,7-8,11-12,15,20H,5-6,9-10H2,1H3. The van der Waals surface area contributed by atoms with Crippen LogP contribution in [0, 0.1) is 0 Å². The number of aliphatic hydroxyl groups is 1. The predicted octanol–water partition coefficient (Wildman–Crippen LogP) is 3.03. The third-order valence-corrected chi connectivity index (χ3v) is 4.51. The molecule has 1 unspecified atom stereocenters. The van der Waals surface area contributed by atoms with Crippen molar-refractivity contribution in [2.75, 3.05) is 7.11 Å². The molecule has 1 atom stereocenters. The topological polar surface area (TPSA) is 55.2 Å². The Labute approximate surface area is 124 Å². The number of hydrogen-bond acceptors (Lipinski definition) is 4. The first-order chi connectivity index (χ1) is 10.3. The molecule has 1 heterocycles. The molecule has 1 fully saturated rings. The highest BCUT2D eigenvalue weighted by molar-refractivity contribution is 5.33. The van der Waals surface area contributed by atoms with E-state index in [4.69, 9.17) is 4.74 Å². The van der Waals surface area contributed by atoms with E-state index in [0.717, 1.165) is 25.7 Å². The van der Waals surface area contributed by atoms with Crippen molar-refractivity contribution in [3.63, 3.8) is 0 Å². The van der Waals surface area contributed by atoms with Crippen LogP contribution in [0.4, 0.5) is 0 Å². The van der Waals surface area contributed by atoms with Gasteiger partial charge < -0.3 is 9.84 Å². The van der Waals surface area contributed by atoms with Crippen LogP contribution in [0.2, 0.25) is 0 Å². The lowest BCUT2D eigenvalue weighted by atomic mass is 9.73. The summed E-state index contributed by atoms with van der Waals surface area (Å²) in [6, 6.07) is 10.2. The third kappa shape index (κ3) is 2.40. The number of aliphatic hydroxyl groups excluding tert-OH is 1. The second-order valence-electron chi connectivity index (χ2n) is 5.58. The second-order valence-corrected chi connectivity index (χ2v) is 5.58. The van der Waals surface area contributed by atoms with Crippen molar-refractivity contribution < 1.29 is 9.84 Å². The molecule has 21 heavy (non-hydrogen) atoms. The first kappa shape index (κ1) is 14.0. The lowest BCUT2D eigenvalue weighted by Crippen LogP contribution is -2.31. The zero-order valence-electron chi connectivity index (χ0n) is 12.2. The van der Waals surface area contributed by atoms with E-state index in [1.54, 1.807) is 19.5 Å². The molecule has 1 saturated carbocycles. The molecule has 1 N–H and O–H groups in total. The summed E-state index contributed by atoms with van der Waals surface area (Å²) in [6.45, 7) is 0. The summed E-state index contributed by atoms with van der Waals surface area (Å²) in [5.41, 5.74) is 1.42. The van der Waals surface area contributed by atoms with E-state index in [0.29, 0.717) is 11.6 Å². The molecule has 0 spiro atoms. The highest BCUT2D eigenvalue weighted by Gasteiger charge is 2.44. The molecule has 0 aliphatic heterocycles. The summed E-state index contributed by atoms with van der Waals surface area (Å²) >= 11 is 0. The van der Waals surface area contributed by atoms with E-state index < -0.39 is 6.10 Å². The summed E-state index contributed by atoms with van der Waals surface area (Å²) in [4.78, 5) is 8.50. The number of methoxy groups -OCH3 is 1. The fraction of sp³-hybridized carbons (Fsp3) is 0.412. The van der Waals surface area contributed by atoms with Gasteiger partial charge >= 0.3 is 0 Å². The van der Waals surface area contributed by atoms with Crippen molar-refractivity contribution in [1.29, 1.82) is 0 Å². The predicted molar refractivity (Wildman–Crippen MR) is 80.1 cm³/mol. The lowest BCUT2D eigenvalue weighted by Gasteiger charge is -2.34. The maximum atomic E-state index is 11.1. The average molecular weight is 284 g/mol. The van der Waals surface area contributed by atoms with Gasteiger partial charge in [0.25, 0.3) is 0 Å². The van der Waals surface area contributed by atoms with Gasteiger partial charge in [0.05, 0.1) is 7.11 Å². The number of benzene rings is 1. The van der Waals surface area contributed by atoms with E-state index in [2.05, 4.69) is 22.1 Å². The quantitative estimate of drug-likeness (QED) is 0.937. The maximum Gasteiger partial charge on any atom is 0.238 e. The van der Waals surface area contributed by atoms with E-state index >= 15 is 0 Å². The van der Waals surface area contributed by atoms with Crippen molar-refractivity contribution in [1.82, 2.24) is 9.97 Å². The Morgan fingerprint density at radius 2 is 1.76 bits per heavy atom. The summed E-state index contributed by atoms with van der Waals surface area (Å²) in [5, 5.41) is 11.1. The Bertz CT molecular complexity index is 595. The number of nitrogens with zero attached hydrogens (tertiary/aromatic N) is 2. The molecular formula is C17H20N2O2. The Kier molecular flexibility index (Phi) is 3.88. The molecule has 2 aromatic rings. The molecular weight excluding hydrogens is 264 g/mol. The van der Waals surface area contributed by atoms with Gasteiger partial charge in [0.1, 0.15) is 11.8 Å². The number of aromatic nitrogens is 2. The molecule has 0 bridgehead atoms. The zero-order valence-corrected chi connectivity index (χ0v) is 12.2. The average Bonchev–Trinajstić information content (AvgIpc) is 3.06. The summed E-state index contributed by atoms with van der Waals surface area (Å²) in [6.07, 6.45) is 6.64. The van der Waals surface area contributed by atoms with Crippen molar-refractivity contribution in [2.24, 2.45) is 0 Å². The van der Waals surface area contributed by atoms with Crippen LogP contribution in [0.25, 0.3) is 0 Å². The molecule has 110 valence electrons. The fourth-order valence-corrected chi connectivity index (χ4v) is 3.44. The molecule has 3 rings (SSSR count). The van der Waals surface area contributed by atoms with Crippen molar-refractivity contribution in [2.45, 2.75) is 37.2 Å². The van der Waals surface area contributed by atoms with Gasteiger partial charge in [-0.2, -0.15) is 0 Å². The molecule has 0 radical (unpaired) electrons. The normalized spacial score (nSPS) is 18.4. The van der Waals surface area contributed by atoms with Crippen LogP contribution < -0.4 is 4.74 Å². The van der Waals surface area contributed by atoms with Crippen LogP contribution in [0.15, 0.2) is 42.7 Å². The minimum absolute atomic E-state index is 0.287. The van der Waals surface area contributed by atoms with Crippen LogP contribution in [0.5, 0.6) is 5.88 Å². The highest BCUT2D eigenvalue weighted by atomic mass is 16.5. The monoisotopic (exact) mass is 284 g/mol. The van der Waals surface area contributed by atoms with E-state index in [-0.39, 0.29) is 5.41 Å². The van der Waals surface area contributed by atoms with Gasteiger partial charge in [-0.05, 0) is 18.4 Å². The fourth-order valence-electron chi connectivity index (χ4n) is 3.44. The number of hydrogen-bond donors (Lipinski definition) is 1. The van der Waals surface area contributed by atoms with Crippen LogP contribution in [0.3, 0.4) is 0 Å². The van der Waals surface area contributed by atoms with Crippen molar-refractivity contribution >= 4 is 0 Å². The maximum absolute atomic E-state index is 11.1. The molecule has 1 aromatic heterocycles. The van der Waals surface area contributed by atoms with E-state index in [9.17, 15) is 5.11 Å². The molecule has 1 aromatic carbocycles. The van der Waals surface area contributed by atoms with Gasteiger partial charge in [-0.25, -0.2) is 4.98 Å². The van der Waals surface area contributed by atoms with Gasteiger partial charge in [0.15, 0.2) is 0 Å². The Hall–Kier alpha value is -1.94. The third-order valence-electron chi connectivity index (χ3n) is 4.51. The molecule has 1 aliphatic rings. The first-order valence-corrected chi connectivity index (χ1v) is 7.36. The smallest absolute Gasteiger partial charge is 0.238 e. The SMILES string of the molecule is COc1nccnc1C(O)C1(c2ccccc2)CCCC1. The Morgan fingerprint density at radius 1 is 1.10 bits per heavy atom. The molecule has 1 aliphatic carbocycles. The Morgan fingerprint density at radius 3 is 2.43 bits per heavy atom. The summed E-state index contributed by atoms with van der Waals surface area (Å²) in [5.74, 6) is 0.409. The molecule has 4 nitrogen and oxygen atoms in total. The molecule has 4 heteroatoms. The van der Waals surface area contributed by atoms with Crippen molar-refractivity contribution in [3.8, 4) is 5.88 Å². The number of rotatable bonds is 4. The minimum atomic E-state index is -0.703. The van der Waals surface area contributed by atoms with Gasteiger partial charge in [0, 0.05) is 17.8 Å². The van der Waals surface area contributed by atoms with E-state index in [1.807, 2.05) is 18.2 Å². The van der Waals surface area contributed by atoms with Gasteiger partial charge in [0.2, 0.25) is 5.88 Å². The van der Waals surface area contributed by atoms with Crippen LogP contribution in [-0.2, 0) is 5.41 Å². The summed E-state index contributed by atoms with van der Waals surface area (Å²) < 4.78 is 5.27. The highest BCUT2D eigenvalue weighted by Crippen LogP contribution is 2.50. The molecule has 0 amide bonds. The number of ether oxygens (including phenoxy) is 1. The Balaban J connectivity index is 2.06. The second kappa shape index (κ2) is 5.82. The van der Waals surface area contributed by atoms with E-state index in [1.165, 1.54) is 5.56 Å². The lowest BCUT2D eigenvalue weighted by molar-refractivity contribution is 0.0749. The van der Waals surface area contributed by atoms with Crippen LogP contribution in [0.1, 0.15) is 43.0 Å². The molecule has 0 saturated heterocycles. The van der Waals surface area contributed by atoms with Crippen molar-refractivity contribution in [3.05, 3.63) is 54.0 Å². The van der Waals surface area contributed by atoms with Gasteiger partial charge in [-0.15, -0.1) is 0 Å². The van der Waals surface area contributed by atoms with Gasteiger partial charge in [-0.1, -0.05) is 43.2 Å². The first-order valence-electron chi connectivity index (χ1n) is 7.36. The van der Waals surface area contributed by atoms with Crippen LogP contribution in [-0.4, -0.2) is 22.2 Å². The van der Waals surface area contributed by atoms with Gasteiger partial charge in [-0.3, -0.25) is 4.98 Å². The zero-order chi connectivity index (χ0) is 14.7. The summed E-state index contributed by atoms with van der Waals surface area (Å²) in [7, 11) is 1.56. The minimum Gasteiger partial charge on any atom is -0.480 e. The largest absolute Gasteiger partial charge is 0.480 e. The van der Waals surface area contributed by atoms with Crippen LogP contribution >= 0.6 is 0 Å².